The number of benzene rings is 2. The van der Waals surface area contributed by atoms with Crippen LogP contribution in [-0.2, 0) is 13.2 Å². The van der Waals surface area contributed by atoms with Crippen molar-refractivity contribution in [3.8, 4) is 5.75 Å². The maximum atomic E-state index is 13.6. The second-order valence-electron chi connectivity index (χ2n) is 5.44. The Morgan fingerprint density at radius 1 is 1.04 bits per heavy atom. The molecule has 0 spiro atoms. The van der Waals surface area contributed by atoms with E-state index in [1.54, 1.807) is 16.8 Å². The Hall–Kier alpha value is -2.47. The highest BCUT2D eigenvalue weighted by molar-refractivity contribution is 9.10. The molecule has 0 saturated heterocycles. The second-order valence-corrected chi connectivity index (χ2v) is 6.23. The number of hydrogen-bond donors (Lipinski definition) is 0. The maximum Gasteiger partial charge on any atom is 0.268 e. The number of aromatic nitrogens is 1. The quantitative estimate of drug-likeness (QED) is 0.624. The summed E-state index contributed by atoms with van der Waals surface area (Å²) in [6, 6.07) is 14.5. The Morgan fingerprint density at radius 3 is 2.52 bits per heavy atom. The van der Waals surface area contributed by atoms with Crippen molar-refractivity contribution in [3.63, 3.8) is 0 Å². The van der Waals surface area contributed by atoms with E-state index in [0.717, 1.165) is 17.7 Å². The van der Waals surface area contributed by atoms with Gasteiger partial charge in [-0.1, -0.05) is 30.3 Å². The molecule has 128 valence electrons. The van der Waals surface area contributed by atoms with Gasteiger partial charge in [0, 0.05) is 17.8 Å². The summed E-state index contributed by atoms with van der Waals surface area (Å²) in [7, 11) is 0. The number of ether oxygens (including phenoxy) is 1. The summed E-state index contributed by atoms with van der Waals surface area (Å²) >= 11 is 3.24. The van der Waals surface area contributed by atoms with E-state index in [0.29, 0.717) is 12.3 Å². The molecule has 1 aromatic heterocycles. The highest BCUT2D eigenvalue weighted by Gasteiger charge is 2.11. The monoisotopic (exact) mass is 405 g/mol. The third-order valence-corrected chi connectivity index (χ3v) is 4.39. The minimum Gasteiger partial charge on any atom is -0.487 e. The van der Waals surface area contributed by atoms with Crippen LogP contribution in [0.3, 0.4) is 0 Å². The van der Waals surface area contributed by atoms with Gasteiger partial charge in [-0.05, 0) is 39.7 Å². The summed E-state index contributed by atoms with van der Waals surface area (Å²) in [6.07, 6.45) is 1.62. The first-order chi connectivity index (χ1) is 12.0. The molecule has 0 saturated carbocycles. The standard InChI is InChI=1S/C19H14BrF2NO2/c20-18-17(25-12-14-6-7-15(21)10-16(14)22)8-9-23(19(18)24)11-13-4-2-1-3-5-13/h1-10H,11-12H2. The molecule has 6 heteroatoms. The lowest BCUT2D eigenvalue weighted by atomic mass is 10.2. The highest BCUT2D eigenvalue weighted by atomic mass is 79.9. The summed E-state index contributed by atoms with van der Waals surface area (Å²) in [5.41, 5.74) is 0.959. The average Bonchev–Trinajstić information content (AvgIpc) is 2.61. The molecule has 0 aliphatic carbocycles. The van der Waals surface area contributed by atoms with Gasteiger partial charge in [-0.2, -0.15) is 0 Å². The predicted molar refractivity (Wildman–Crippen MR) is 94.6 cm³/mol. The van der Waals surface area contributed by atoms with Crippen molar-refractivity contribution in [1.29, 1.82) is 0 Å². The lowest BCUT2D eigenvalue weighted by Crippen LogP contribution is -2.21. The fourth-order valence-electron chi connectivity index (χ4n) is 2.34. The van der Waals surface area contributed by atoms with Gasteiger partial charge in [0.1, 0.15) is 28.5 Å². The molecule has 0 atom stereocenters. The number of rotatable bonds is 5. The Labute approximate surface area is 151 Å². The van der Waals surface area contributed by atoms with Crippen LogP contribution in [0.5, 0.6) is 5.75 Å². The Morgan fingerprint density at radius 2 is 1.80 bits per heavy atom. The van der Waals surface area contributed by atoms with E-state index in [4.69, 9.17) is 4.74 Å². The molecular weight excluding hydrogens is 392 g/mol. The molecule has 0 unspecified atom stereocenters. The van der Waals surface area contributed by atoms with Gasteiger partial charge >= 0.3 is 0 Å². The Balaban J connectivity index is 1.77. The van der Waals surface area contributed by atoms with Crippen LogP contribution in [0.1, 0.15) is 11.1 Å². The third-order valence-electron chi connectivity index (χ3n) is 3.66. The van der Waals surface area contributed by atoms with Crippen molar-refractivity contribution in [2.24, 2.45) is 0 Å². The first kappa shape index (κ1) is 17.4. The minimum atomic E-state index is -0.687. The third kappa shape index (κ3) is 4.14. The summed E-state index contributed by atoms with van der Waals surface area (Å²) in [4.78, 5) is 12.4. The maximum absolute atomic E-state index is 13.6. The van der Waals surface area contributed by atoms with Gasteiger partial charge in [-0.3, -0.25) is 4.79 Å². The molecular formula is C19H14BrF2NO2. The van der Waals surface area contributed by atoms with Gasteiger partial charge in [0.15, 0.2) is 0 Å². The largest absolute Gasteiger partial charge is 0.487 e. The van der Waals surface area contributed by atoms with Crippen molar-refractivity contribution in [2.45, 2.75) is 13.2 Å². The van der Waals surface area contributed by atoms with E-state index >= 15 is 0 Å². The van der Waals surface area contributed by atoms with Gasteiger partial charge in [-0.15, -0.1) is 0 Å². The zero-order valence-electron chi connectivity index (χ0n) is 13.1. The van der Waals surface area contributed by atoms with Crippen molar-refractivity contribution in [3.05, 3.63) is 98.4 Å². The summed E-state index contributed by atoms with van der Waals surface area (Å²) in [6.45, 7) is 0.331. The molecule has 2 aromatic carbocycles. The zero-order valence-corrected chi connectivity index (χ0v) is 14.7. The average molecular weight is 406 g/mol. The normalized spacial score (nSPS) is 10.7. The van der Waals surface area contributed by atoms with Crippen LogP contribution in [-0.4, -0.2) is 4.57 Å². The molecule has 0 amide bonds. The highest BCUT2D eigenvalue weighted by Crippen LogP contribution is 2.22. The van der Waals surface area contributed by atoms with E-state index < -0.39 is 11.6 Å². The molecule has 0 bridgehead atoms. The summed E-state index contributed by atoms with van der Waals surface area (Å²) in [5, 5.41) is 0. The summed E-state index contributed by atoms with van der Waals surface area (Å²) < 4.78 is 33.9. The first-order valence-electron chi connectivity index (χ1n) is 7.54. The van der Waals surface area contributed by atoms with Gasteiger partial charge < -0.3 is 9.30 Å². The smallest absolute Gasteiger partial charge is 0.268 e. The number of nitrogens with zero attached hydrogens (tertiary/aromatic N) is 1. The van der Waals surface area contributed by atoms with Crippen LogP contribution in [0.2, 0.25) is 0 Å². The number of pyridine rings is 1. The van der Waals surface area contributed by atoms with Crippen molar-refractivity contribution in [2.75, 3.05) is 0 Å². The van der Waals surface area contributed by atoms with E-state index in [9.17, 15) is 13.6 Å². The molecule has 3 aromatic rings. The topological polar surface area (TPSA) is 31.2 Å². The SMILES string of the molecule is O=c1c(Br)c(OCc2ccc(F)cc2F)ccn1Cc1ccccc1. The van der Waals surface area contributed by atoms with Crippen LogP contribution in [0.25, 0.3) is 0 Å². The van der Waals surface area contributed by atoms with E-state index in [2.05, 4.69) is 15.9 Å². The van der Waals surface area contributed by atoms with Crippen molar-refractivity contribution >= 4 is 15.9 Å². The van der Waals surface area contributed by atoms with E-state index in [-0.39, 0.29) is 22.2 Å². The lowest BCUT2D eigenvalue weighted by Gasteiger charge is -2.11. The molecule has 0 radical (unpaired) electrons. The minimum absolute atomic E-state index is 0.104. The first-order valence-corrected chi connectivity index (χ1v) is 8.33. The molecule has 0 aliphatic rings. The Bertz CT molecular complexity index is 942. The van der Waals surface area contributed by atoms with E-state index in [1.165, 1.54) is 6.07 Å². The lowest BCUT2D eigenvalue weighted by molar-refractivity contribution is 0.296. The number of hydrogen-bond acceptors (Lipinski definition) is 2. The van der Waals surface area contributed by atoms with Gasteiger partial charge in [-0.25, -0.2) is 8.78 Å². The molecule has 25 heavy (non-hydrogen) atoms. The van der Waals surface area contributed by atoms with Crippen molar-refractivity contribution < 1.29 is 13.5 Å². The Kier molecular flexibility index (Phi) is 5.28. The van der Waals surface area contributed by atoms with Crippen LogP contribution in [0.4, 0.5) is 8.78 Å². The molecule has 3 nitrogen and oxygen atoms in total. The van der Waals surface area contributed by atoms with Gasteiger partial charge in [0.05, 0.1) is 6.54 Å². The van der Waals surface area contributed by atoms with Crippen LogP contribution >= 0.6 is 15.9 Å². The fraction of sp³-hybridized carbons (Fsp3) is 0.105. The van der Waals surface area contributed by atoms with Crippen LogP contribution in [0.15, 0.2) is 70.1 Å². The molecule has 1 heterocycles. The van der Waals surface area contributed by atoms with Crippen molar-refractivity contribution in [1.82, 2.24) is 4.57 Å². The van der Waals surface area contributed by atoms with Gasteiger partial charge in [0.2, 0.25) is 0 Å². The van der Waals surface area contributed by atoms with Gasteiger partial charge in [0.25, 0.3) is 5.56 Å². The van der Waals surface area contributed by atoms with E-state index in [1.807, 2.05) is 30.3 Å². The number of halogens is 3. The molecule has 3 rings (SSSR count). The zero-order chi connectivity index (χ0) is 17.8. The summed E-state index contributed by atoms with van der Waals surface area (Å²) in [5.74, 6) is -1.03. The molecule has 0 N–H and O–H groups in total. The fourth-order valence-corrected chi connectivity index (χ4v) is 2.81. The second kappa shape index (κ2) is 7.61. The van der Waals surface area contributed by atoms with Crippen LogP contribution < -0.4 is 10.3 Å². The molecule has 0 aliphatic heterocycles. The predicted octanol–water partition coefficient (Wildman–Crippen LogP) is 4.52. The van der Waals surface area contributed by atoms with Crippen LogP contribution in [0, 0.1) is 11.6 Å². The molecule has 0 fully saturated rings.